The summed E-state index contributed by atoms with van der Waals surface area (Å²) in [7, 11) is 0. The Morgan fingerprint density at radius 3 is 2.50 bits per heavy atom. The summed E-state index contributed by atoms with van der Waals surface area (Å²) in [4.78, 5) is 10.2. The van der Waals surface area contributed by atoms with Gasteiger partial charge in [0.15, 0.2) is 0 Å². The molecule has 1 aromatic rings. The number of phenolic OH excluding ortho intramolecular Hbond substituents is 1. The first kappa shape index (κ1) is 13.7. The van der Waals surface area contributed by atoms with Crippen LogP contribution in [0.3, 0.4) is 0 Å². The second-order valence-corrected chi connectivity index (χ2v) is 2.84. The van der Waals surface area contributed by atoms with Crippen LogP contribution in [0.5, 0.6) is 5.75 Å². The van der Waals surface area contributed by atoms with Gasteiger partial charge in [0.1, 0.15) is 11.9 Å². The number of rotatable bonds is 2. The number of carbonyl (C=O) groups excluding carboxylic acids is 1. The molecule has 0 aliphatic heterocycles. The Hall–Kier alpha value is -0.260. The molecule has 0 fully saturated rings. The van der Waals surface area contributed by atoms with E-state index in [9.17, 15) is 9.90 Å². The molecule has 14 heavy (non-hydrogen) atoms. The summed E-state index contributed by atoms with van der Waals surface area (Å²) >= 11 is 5.49. The van der Waals surface area contributed by atoms with Gasteiger partial charge in [0.2, 0.25) is 0 Å². The molecular formula is C8H6ClNaO4. The molecule has 0 radical (unpaired) electrons. The van der Waals surface area contributed by atoms with Crippen LogP contribution in [0.15, 0.2) is 18.2 Å². The van der Waals surface area contributed by atoms with E-state index in [0.717, 1.165) is 6.07 Å². The first-order valence-electron chi connectivity index (χ1n) is 3.39. The number of carboxylic acid groups (broad SMARTS) is 1. The number of benzene rings is 1. The van der Waals surface area contributed by atoms with Crippen LogP contribution in [0.4, 0.5) is 0 Å². The minimum Gasteiger partial charge on any atom is -0.547 e. The van der Waals surface area contributed by atoms with E-state index in [1.165, 1.54) is 12.1 Å². The number of hydrogen-bond acceptors (Lipinski definition) is 4. The van der Waals surface area contributed by atoms with Crippen molar-refractivity contribution in [2.24, 2.45) is 0 Å². The predicted molar refractivity (Wildman–Crippen MR) is 43.1 cm³/mol. The Balaban J connectivity index is 0.00000169. The normalized spacial score (nSPS) is 11.6. The largest absolute Gasteiger partial charge is 1.00 e. The number of halogens is 1. The molecule has 0 saturated carbocycles. The standard InChI is InChI=1S/C8H7ClO4.Na/c9-5-3-4(1-2-6(5)10)7(11)8(12)13;/h1-3,7,10-11H,(H,12,13);/q;+1/p-1. The summed E-state index contributed by atoms with van der Waals surface area (Å²) in [5, 5.41) is 28.2. The Bertz CT molecular complexity index is 342. The van der Waals surface area contributed by atoms with Crippen molar-refractivity contribution < 1.29 is 49.7 Å². The van der Waals surface area contributed by atoms with Gasteiger partial charge in [-0.3, -0.25) is 0 Å². The molecule has 0 aliphatic rings. The van der Waals surface area contributed by atoms with E-state index in [-0.39, 0.29) is 45.9 Å². The minimum absolute atomic E-state index is 0. The van der Waals surface area contributed by atoms with E-state index >= 15 is 0 Å². The van der Waals surface area contributed by atoms with Crippen molar-refractivity contribution >= 4 is 17.6 Å². The summed E-state index contributed by atoms with van der Waals surface area (Å²) in [5.74, 6) is -1.78. The molecule has 0 bridgehead atoms. The number of carboxylic acids is 1. The Labute approximate surface area is 107 Å². The molecule has 4 nitrogen and oxygen atoms in total. The number of aromatic hydroxyl groups is 1. The fourth-order valence-electron chi connectivity index (χ4n) is 0.829. The molecule has 1 unspecified atom stereocenters. The van der Waals surface area contributed by atoms with Crippen LogP contribution >= 0.6 is 11.6 Å². The first-order valence-corrected chi connectivity index (χ1v) is 3.77. The second kappa shape index (κ2) is 5.58. The number of phenols is 1. The summed E-state index contributed by atoms with van der Waals surface area (Å²) in [5.41, 5.74) is 0.0720. The molecule has 0 aromatic heterocycles. The molecule has 1 atom stereocenters. The van der Waals surface area contributed by atoms with Crippen LogP contribution < -0.4 is 34.7 Å². The number of carbonyl (C=O) groups is 1. The maximum absolute atomic E-state index is 10.2. The van der Waals surface area contributed by atoms with Gasteiger partial charge in [-0.15, -0.1) is 0 Å². The second-order valence-electron chi connectivity index (χ2n) is 2.43. The molecule has 6 heteroatoms. The van der Waals surface area contributed by atoms with Gasteiger partial charge in [0, 0.05) is 0 Å². The fraction of sp³-hybridized carbons (Fsp3) is 0.125. The van der Waals surface area contributed by atoms with E-state index in [1.807, 2.05) is 0 Å². The number of aliphatic hydroxyl groups is 1. The van der Waals surface area contributed by atoms with Gasteiger partial charge >= 0.3 is 29.6 Å². The fourth-order valence-corrected chi connectivity index (χ4v) is 1.02. The van der Waals surface area contributed by atoms with Gasteiger partial charge in [-0.25, -0.2) is 0 Å². The predicted octanol–water partition coefficient (Wildman–Crippen LogP) is -3.17. The maximum atomic E-state index is 10.2. The smallest absolute Gasteiger partial charge is 0.547 e. The Kier molecular flexibility index (Phi) is 5.48. The third kappa shape index (κ3) is 3.15. The average Bonchev–Trinajstić information content (AvgIpc) is 2.08. The molecule has 2 N–H and O–H groups in total. The molecule has 1 rings (SSSR count). The van der Waals surface area contributed by atoms with Gasteiger partial charge < -0.3 is 20.1 Å². The van der Waals surface area contributed by atoms with E-state index < -0.39 is 12.1 Å². The van der Waals surface area contributed by atoms with Crippen LogP contribution in [0.1, 0.15) is 11.7 Å². The minimum atomic E-state index is -1.72. The molecule has 0 amide bonds. The molecular weight excluding hydrogens is 219 g/mol. The Morgan fingerprint density at radius 1 is 1.50 bits per heavy atom. The summed E-state index contributed by atoms with van der Waals surface area (Å²) in [6.45, 7) is 0. The summed E-state index contributed by atoms with van der Waals surface area (Å²) in [6, 6.07) is 3.61. The van der Waals surface area contributed by atoms with E-state index in [2.05, 4.69) is 0 Å². The van der Waals surface area contributed by atoms with Crippen molar-refractivity contribution in [3.05, 3.63) is 28.8 Å². The average molecular weight is 225 g/mol. The molecule has 0 heterocycles. The summed E-state index contributed by atoms with van der Waals surface area (Å²) < 4.78 is 0. The van der Waals surface area contributed by atoms with E-state index in [1.54, 1.807) is 0 Å². The molecule has 0 spiro atoms. The molecule has 1 aromatic carbocycles. The molecule has 70 valence electrons. The van der Waals surface area contributed by atoms with Crippen molar-refractivity contribution in [1.82, 2.24) is 0 Å². The van der Waals surface area contributed by atoms with Crippen molar-refractivity contribution in [3.8, 4) is 5.75 Å². The Morgan fingerprint density at radius 2 is 2.07 bits per heavy atom. The van der Waals surface area contributed by atoms with Gasteiger partial charge in [0.25, 0.3) is 0 Å². The zero-order chi connectivity index (χ0) is 10.0. The van der Waals surface area contributed by atoms with Gasteiger partial charge in [0.05, 0.1) is 11.0 Å². The van der Waals surface area contributed by atoms with E-state index in [0.29, 0.717) is 0 Å². The SMILES string of the molecule is O=C([O-])C(O)c1ccc(O)c(Cl)c1.[Na+]. The zero-order valence-corrected chi connectivity index (χ0v) is 10.2. The van der Waals surface area contributed by atoms with E-state index in [4.69, 9.17) is 21.8 Å². The topological polar surface area (TPSA) is 80.6 Å². The van der Waals surface area contributed by atoms with Crippen LogP contribution in [-0.2, 0) is 4.79 Å². The number of aliphatic carboxylic acids is 1. The third-order valence-corrected chi connectivity index (χ3v) is 1.81. The van der Waals surface area contributed by atoms with Crippen LogP contribution in [-0.4, -0.2) is 16.2 Å². The van der Waals surface area contributed by atoms with Crippen LogP contribution in [0.25, 0.3) is 0 Å². The third-order valence-electron chi connectivity index (χ3n) is 1.51. The molecule has 0 aliphatic carbocycles. The van der Waals surface area contributed by atoms with Crippen molar-refractivity contribution in [3.63, 3.8) is 0 Å². The van der Waals surface area contributed by atoms with Crippen molar-refractivity contribution in [1.29, 1.82) is 0 Å². The summed E-state index contributed by atoms with van der Waals surface area (Å²) in [6.07, 6.45) is -1.72. The number of aliphatic hydroxyl groups excluding tert-OH is 1. The number of hydrogen-bond donors (Lipinski definition) is 2. The van der Waals surface area contributed by atoms with Gasteiger partial charge in [-0.1, -0.05) is 17.7 Å². The monoisotopic (exact) mass is 224 g/mol. The first-order chi connectivity index (χ1) is 6.02. The molecule has 0 saturated heterocycles. The van der Waals surface area contributed by atoms with Gasteiger partial charge in [-0.2, -0.15) is 0 Å². The zero-order valence-electron chi connectivity index (χ0n) is 7.40. The van der Waals surface area contributed by atoms with Crippen LogP contribution in [0, 0.1) is 0 Å². The maximum Gasteiger partial charge on any atom is 1.00 e. The van der Waals surface area contributed by atoms with Crippen molar-refractivity contribution in [2.45, 2.75) is 6.10 Å². The van der Waals surface area contributed by atoms with Gasteiger partial charge in [-0.05, 0) is 17.7 Å². The van der Waals surface area contributed by atoms with Crippen molar-refractivity contribution in [2.75, 3.05) is 0 Å². The van der Waals surface area contributed by atoms with Crippen LogP contribution in [0.2, 0.25) is 5.02 Å². The quantitative estimate of drug-likeness (QED) is 0.520.